The van der Waals surface area contributed by atoms with E-state index in [0.717, 1.165) is 0 Å². The van der Waals surface area contributed by atoms with Gasteiger partial charge in [-0.1, -0.05) is 6.92 Å². The van der Waals surface area contributed by atoms with Crippen LogP contribution in [0.5, 0.6) is 0 Å². The summed E-state index contributed by atoms with van der Waals surface area (Å²) in [6.07, 6.45) is 1.42. The van der Waals surface area contributed by atoms with Crippen molar-refractivity contribution in [2.45, 2.75) is 20.4 Å². The first-order chi connectivity index (χ1) is 9.04. The number of H-pyrrole nitrogens is 2. The summed E-state index contributed by atoms with van der Waals surface area (Å²) in [4.78, 5) is 32.6. The Morgan fingerprint density at radius 1 is 1.63 bits per heavy atom. The molecule has 0 fully saturated rings. The maximum atomic E-state index is 11.6. The molecule has 0 radical (unpaired) electrons. The van der Waals surface area contributed by atoms with Crippen LogP contribution in [-0.4, -0.2) is 32.1 Å². The zero-order valence-electron chi connectivity index (χ0n) is 10.6. The molecule has 0 bridgehead atoms. The first kappa shape index (κ1) is 13.5. The van der Waals surface area contributed by atoms with Crippen LogP contribution in [0.25, 0.3) is 11.2 Å². The molecule has 2 aromatic heterocycles. The second-order valence-electron chi connectivity index (χ2n) is 4.12. The van der Waals surface area contributed by atoms with Crippen molar-refractivity contribution >= 4 is 29.4 Å². The number of esters is 1. The molecule has 1 atom stereocenters. The Labute approximate surface area is 113 Å². The van der Waals surface area contributed by atoms with Crippen LogP contribution in [0, 0.1) is 10.7 Å². The molecule has 0 aliphatic rings. The number of fused-ring (bicyclic) bond motifs is 1. The van der Waals surface area contributed by atoms with Gasteiger partial charge in [-0.2, -0.15) is 0 Å². The number of carbonyl (C=O) groups excluding carboxylic acids is 1. The Morgan fingerprint density at radius 3 is 3.05 bits per heavy atom. The number of ether oxygens (including phenoxy) is 1. The third-order valence-electron chi connectivity index (χ3n) is 2.71. The number of carbonyl (C=O) groups is 1. The summed E-state index contributed by atoms with van der Waals surface area (Å²) in [6.45, 7) is 4.12. The first-order valence-corrected chi connectivity index (χ1v) is 6.28. The van der Waals surface area contributed by atoms with Crippen LogP contribution in [0.2, 0.25) is 0 Å². The summed E-state index contributed by atoms with van der Waals surface area (Å²) >= 11 is 5.10. The van der Waals surface area contributed by atoms with Crippen LogP contribution in [0.4, 0.5) is 0 Å². The predicted octanol–water partition coefficient (Wildman–Crippen LogP) is 0.981. The Balaban J connectivity index is 2.41. The van der Waals surface area contributed by atoms with Gasteiger partial charge in [0.05, 0.1) is 18.9 Å². The third kappa shape index (κ3) is 2.58. The van der Waals surface area contributed by atoms with Crippen molar-refractivity contribution < 1.29 is 9.53 Å². The van der Waals surface area contributed by atoms with E-state index in [1.807, 2.05) is 0 Å². The molecule has 1 unspecified atom stereocenters. The van der Waals surface area contributed by atoms with Crippen LogP contribution in [0.1, 0.15) is 13.8 Å². The fourth-order valence-electron chi connectivity index (χ4n) is 1.78. The highest BCUT2D eigenvalue weighted by Gasteiger charge is 2.17. The van der Waals surface area contributed by atoms with Crippen molar-refractivity contribution in [3.05, 3.63) is 21.5 Å². The highest BCUT2D eigenvalue weighted by molar-refractivity contribution is 7.71. The minimum Gasteiger partial charge on any atom is -0.466 e. The lowest BCUT2D eigenvalue weighted by molar-refractivity contribution is -0.147. The second kappa shape index (κ2) is 5.35. The number of aromatic amines is 2. The van der Waals surface area contributed by atoms with E-state index < -0.39 is 0 Å². The number of nitrogens with zero attached hydrogens (tertiary/aromatic N) is 2. The molecular weight excluding hydrogens is 268 g/mol. The van der Waals surface area contributed by atoms with E-state index in [-0.39, 0.29) is 22.2 Å². The van der Waals surface area contributed by atoms with Gasteiger partial charge in [-0.05, 0) is 19.1 Å². The molecule has 2 N–H and O–H groups in total. The van der Waals surface area contributed by atoms with Gasteiger partial charge in [-0.25, -0.2) is 4.98 Å². The second-order valence-corrected chi connectivity index (χ2v) is 4.51. The predicted molar refractivity (Wildman–Crippen MR) is 71.3 cm³/mol. The average molecular weight is 282 g/mol. The summed E-state index contributed by atoms with van der Waals surface area (Å²) in [7, 11) is 0. The fraction of sp³-hybridized carbons (Fsp3) is 0.455. The number of nitrogens with one attached hydrogen (secondary N) is 2. The smallest absolute Gasteiger partial charge is 0.310 e. The van der Waals surface area contributed by atoms with Crippen LogP contribution in [-0.2, 0) is 16.1 Å². The molecule has 102 valence electrons. The number of hydrogen-bond donors (Lipinski definition) is 2. The number of imidazole rings is 1. The topological polar surface area (TPSA) is 92.8 Å². The molecule has 0 aliphatic heterocycles. The van der Waals surface area contributed by atoms with Gasteiger partial charge in [0.25, 0.3) is 5.56 Å². The molecule has 2 aromatic rings. The van der Waals surface area contributed by atoms with Gasteiger partial charge in [0, 0.05) is 6.54 Å². The summed E-state index contributed by atoms with van der Waals surface area (Å²) in [6, 6.07) is 0. The number of aromatic nitrogens is 4. The molecule has 19 heavy (non-hydrogen) atoms. The van der Waals surface area contributed by atoms with E-state index in [1.54, 1.807) is 18.4 Å². The normalized spacial score (nSPS) is 12.5. The maximum absolute atomic E-state index is 11.6. The van der Waals surface area contributed by atoms with Crippen LogP contribution in [0.3, 0.4) is 0 Å². The average Bonchev–Trinajstić information content (AvgIpc) is 2.84. The highest BCUT2D eigenvalue weighted by atomic mass is 32.1. The van der Waals surface area contributed by atoms with Crippen LogP contribution in [0.15, 0.2) is 11.1 Å². The molecular formula is C11H14N4O3S. The Morgan fingerprint density at radius 2 is 2.37 bits per heavy atom. The maximum Gasteiger partial charge on any atom is 0.310 e. The van der Waals surface area contributed by atoms with Gasteiger partial charge in [0.15, 0.2) is 10.4 Å². The molecule has 8 heteroatoms. The van der Waals surface area contributed by atoms with Gasteiger partial charge in [0.2, 0.25) is 0 Å². The lowest BCUT2D eigenvalue weighted by Crippen LogP contribution is -2.23. The Hall–Kier alpha value is -1.96. The van der Waals surface area contributed by atoms with Crippen molar-refractivity contribution in [3.8, 4) is 0 Å². The summed E-state index contributed by atoms with van der Waals surface area (Å²) in [5, 5.41) is 0. The Bertz CT molecular complexity index is 715. The van der Waals surface area contributed by atoms with E-state index in [0.29, 0.717) is 24.3 Å². The van der Waals surface area contributed by atoms with E-state index in [2.05, 4.69) is 15.0 Å². The Kier molecular flexibility index (Phi) is 3.79. The van der Waals surface area contributed by atoms with Crippen molar-refractivity contribution in [3.63, 3.8) is 0 Å². The van der Waals surface area contributed by atoms with Crippen molar-refractivity contribution in [1.29, 1.82) is 0 Å². The monoisotopic (exact) mass is 282 g/mol. The van der Waals surface area contributed by atoms with E-state index >= 15 is 0 Å². The summed E-state index contributed by atoms with van der Waals surface area (Å²) < 4.78 is 6.80. The molecule has 0 aliphatic carbocycles. The van der Waals surface area contributed by atoms with Gasteiger partial charge in [0.1, 0.15) is 5.52 Å². The first-order valence-electron chi connectivity index (χ1n) is 5.87. The molecule has 0 saturated heterocycles. The number of hydrogen-bond acceptors (Lipinski definition) is 5. The van der Waals surface area contributed by atoms with E-state index in [4.69, 9.17) is 17.0 Å². The van der Waals surface area contributed by atoms with Gasteiger partial charge >= 0.3 is 5.97 Å². The zero-order valence-corrected chi connectivity index (χ0v) is 11.4. The van der Waals surface area contributed by atoms with Gasteiger partial charge in [-0.15, -0.1) is 0 Å². The lowest BCUT2D eigenvalue weighted by Gasteiger charge is -2.13. The van der Waals surface area contributed by atoms with E-state index in [9.17, 15) is 9.59 Å². The number of rotatable bonds is 4. The summed E-state index contributed by atoms with van der Waals surface area (Å²) in [5.74, 6) is -0.684. The van der Waals surface area contributed by atoms with Crippen molar-refractivity contribution in [2.75, 3.05) is 6.61 Å². The third-order valence-corrected chi connectivity index (χ3v) is 3.04. The molecule has 0 amide bonds. The lowest BCUT2D eigenvalue weighted by atomic mass is 10.2. The van der Waals surface area contributed by atoms with E-state index in [1.165, 1.54) is 6.33 Å². The van der Waals surface area contributed by atoms with Gasteiger partial charge in [-0.3, -0.25) is 14.6 Å². The zero-order chi connectivity index (χ0) is 14.0. The fourth-order valence-corrected chi connectivity index (χ4v) is 2.04. The van der Waals surface area contributed by atoms with Crippen molar-refractivity contribution in [2.24, 2.45) is 5.92 Å². The molecule has 0 aromatic carbocycles. The standard InChI is InChI=1S/C11H14N4O3S/c1-3-18-10(17)6(2)4-15-8-7(12-5-13-8)9(16)14-11(15)19/h5-6H,3-4H2,1-2H3,(H,12,13)(H,14,16,19). The molecule has 0 spiro atoms. The molecule has 0 saturated carbocycles. The summed E-state index contributed by atoms with van der Waals surface area (Å²) in [5.41, 5.74) is 0.451. The van der Waals surface area contributed by atoms with Crippen LogP contribution >= 0.6 is 12.2 Å². The quantitative estimate of drug-likeness (QED) is 0.644. The van der Waals surface area contributed by atoms with Crippen molar-refractivity contribution in [1.82, 2.24) is 19.5 Å². The molecule has 7 nitrogen and oxygen atoms in total. The minimum absolute atomic E-state index is 0.237. The molecule has 2 rings (SSSR count). The highest BCUT2D eigenvalue weighted by Crippen LogP contribution is 2.09. The van der Waals surface area contributed by atoms with Crippen LogP contribution < -0.4 is 5.56 Å². The SMILES string of the molecule is CCOC(=O)C(C)Cn1c(=S)[nH]c(=O)c2[nH]cnc21. The minimum atomic E-state index is -0.377. The molecule has 2 heterocycles. The van der Waals surface area contributed by atoms with Gasteiger partial charge < -0.3 is 14.3 Å². The largest absolute Gasteiger partial charge is 0.466 e.